The van der Waals surface area contributed by atoms with E-state index in [1.807, 2.05) is 0 Å². The second kappa shape index (κ2) is 5.32. The Morgan fingerprint density at radius 1 is 1.38 bits per heavy atom. The van der Waals surface area contributed by atoms with Crippen LogP contribution in [0.3, 0.4) is 0 Å². The minimum atomic E-state index is 0.0984. The number of hydrogen-bond acceptors (Lipinski definition) is 3. The summed E-state index contributed by atoms with van der Waals surface area (Å²) in [6, 6.07) is 8.67. The van der Waals surface area contributed by atoms with Crippen molar-refractivity contribution in [3.63, 3.8) is 0 Å². The molecule has 0 unspecified atom stereocenters. The molecule has 0 amide bonds. The Bertz CT molecular complexity index is 323. The van der Waals surface area contributed by atoms with E-state index in [0.29, 0.717) is 6.61 Å². The maximum Gasteiger partial charge on any atom is 0.0755 e. The summed E-state index contributed by atoms with van der Waals surface area (Å²) in [7, 11) is 0. The van der Waals surface area contributed by atoms with Crippen LogP contribution in [0.25, 0.3) is 0 Å². The van der Waals surface area contributed by atoms with E-state index in [1.165, 1.54) is 11.3 Å². The van der Waals surface area contributed by atoms with E-state index in [9.17, 15) is 5.11 Å². The molecule has 1 N–H and O–H groups in total. The summed E-state index contributed by atoms with van der Waals surface area (Å²) in [5, 5.41) is 9.30. The zero-order valence-corrected chi connectivity index (χ0v) is 9.72. The molecule has 0 radical (unpaired) electrons. The fourth-order valence-electron chi connectivity index (χ4n) is 2.07. The molecule has 0 saturated carbocycles. The second-order valence-corrected chi connectivity index (χ2v) is 4.12. The molecule has 1 aliphatic rings. The number of nitrogens with zero attached hydrogens (tertiary/aromatic N) is 1. The van der Waals surface area contributed by atoms with E-state index >= 15 is 0 Å². The number of morpholine rings is 1. The zero-order chi connectivity index (χ0) is 11.4. The molecule has 1 aromatic rings. The second-order valence-electron chi connectivity index (χ2n) is 4.12. The summed E-state index contributed by atoms with van der Waals surface area (Å²) in [5.74, 6) is 0. The number of aryl methyl sites for hydroxylation is 1. The van der Waals surface area contributed by atoms with Crippen LogP contribution in [-0.2, 0) is 11.2 Å². The average Bonchev–Trinajstić information content (AvgIpc) is 2.39. The first-order valence-electron chi connectivity index (χ1n) is 5.89. The van der Waals surface area contributed by atoms with Gasteiger partial charge >= 0.3 is 0 Å². The van der Waals surface area contributed by atoms with Crippen LogP contribution in [0.5, 0.6) is 0 Å². The lowest BCUT2D eigenvalue weighted by atomic mass is 10.1. The summed E-state index contributed by atoms with van der Waals surface area (Å²) in [4.78, 5) is 2.23. The van der Waals surface area contributed by atoms with Crippen molar-refractivity contribution in [1.82, 2.24) is 0 Å². The van der Waals surface area contributed by atoms with Gasteiger partial charge in [-0.25, -0.2) is 0 Å². The molecule has 1 aliphatic heterocycles. The minimum absolute atomic E-state index is 0.0984. The van der Waals surface area contributed by atoms with Crippen molar-refractivity contribution in [2.45, 2.75) is 19.4 Å². The van der Waals surface area contributed by atoms with Crippen LogP contribution in [0.15, 0.2) is 24.3 Å². The van der Waals surface area contributed by atoms with E-state index < -0.39 is 0 Å². The topological polar surface area (TPSA) is 32.7 Å². The highest BCUT2D eigenvalue weighted by molar-refractivity contribution is 5.49. The number of benzene rings is 1. The Morgan fingerprint density at radius 2 is 2.12 bits per heavy atom. The van der Waals surface area contributed by atoms with Crippen molar-refractivity contribution in [3.05, 3.63) is 29.8 Å². The summed E-state index contributed by atoms with van der Waals surface area (Å²) in [6.07, 6.45) is 1.06. The van der Waals surface area contributed by atoms with Crippen LogP contribution in [0, 0.1) is 0 Å². The standard InChI is InChI=1S/C13H19NO2/c1-2-11-3-5-12(6-4-11)14-7-8-16-10-13(14)9-15/h3-6,13,15H,2,7-10H2,1H3/t13-/m1/s1. The van der Waals surface area contributed by atoms with Gasteiger partial charge in [-0.3, -0.25) is 0 Å². The molecule has 3 heteroatoms. The van der Waals surface area contributed by atoms with Crippen molar-refractivity contribution in [1.29, 1.82) is 0 Å². The van der Waals surface area contributed by atoms with Gasteiger partial charge in [-0.2, -0.15) is 0 Å². The van der Waals surface area contributed by atoms with Gasteiger partial charge in [0.15, 0.2) is 0 Å². The lowest BCUT2D eigenvalue weighted by Gasteiger charge is -2.36. The maximum absolute atomic E-state index is 9.30. The van der Waals surface area contributed by atoms with Crippen molar-refractivity contribution in [2.75, 3.05) is 31.3 Å². The summed E-state index contributed by atoms with van der Waals surface area (Å²) < 4.78 is 5.37. The Labute approximate surface area is 96.6 Å². The zero-order valence-electron chi connectivity index (χ0n) is 9.72. The van der Waals surface area contributed by atoms with Gasteiger partial charge in [0, 0.05) is 12.2 Å². The van der Waals surface area contributed by atoms with Crippen molar-refractivity contribution >= 4 is 5.69 Å². The van der Waals surface area contributed by atoms with Gasteiger partial charge in [0.25, 0.3) is 0 Å². The SMILES string of the molecule is CCc1ccc(N2CCOC[C@H]2CO)cc1. The van der Waals surface area contributed by atoms with Crippen LogP contribution in [-0.4, -0.2) is 37.5 Å². The van der Waals surface area contributed by atoms with Gasteiger partial charge < -0.3 is 14.7 Å². The number of anilines is 1. The van der Waals surface area contributed by atoms with Gasteiger partial charge in [-0.1, -0.05) is 19.1 Å². The molecular weight excluding hydrogens is 202 g/mol. The van der Waals surface area contributed by atoms with Gasteiger partial charge in [0.1, 0.15) is 0 Å². The third-order valence-electron chi connectivity index (χ3n) is 3.11. The van der Waals surface area contributed by atoms with Crippen LogP contribution in [0.4, 0.5) is 5.69 Å². The third kappa shape index (κ3) is 2.36. The van der Waals surface area contributed by atoms with Crippen molar-refractivity contribution < 1.29 is 9.84 Å². The monoisotopic (exact) mass is 221 g/mol. The molecule has 16 heavy (non-hydrogen) atoms. The first-order chi connectivity index (χ1) is 7.85. The molecule has 1 atom stereocenters. The predicted molar refractivity (Wildman–Crippen MR) is 64.9 cm³/mol. The molecule has 1 fully saturated rings. The molecule has 1 aromatic carbocycles. The highest BCUT2D eigenvalue weighted by atomic mass is 16.5. The van der Waals surface area contributed by atoms with E-state index in [-0.39, 0.29) is 12.6 Å². The lowest BCUT2D eigenvalue weighted by Crippen LogP contribution is -2.47. The van der Waals surface area contributed by atoms with E-state index in [4.69, 9.17) is 4.74 Å². The number of aliphatic hydroxyl groups excluding tert-OH is 1. The Balaban J connectivity index is 2.14. The number of ether oxygens (including phenoxy) is 1. The first kappa shape index (κ1) is 11.4. The molecule has 1 heterocycles. The summed E-state index contributed by atoms with van der Waals surface area (Å²) >= 11 is 0. The lowest BCUT2D eigenvalue weighted by molar-refractivity contribution is 0.0727. The Kier molecular flexibility index (Phi) is 3.80. The van der Waals surface area contributed by atoms with Crippen molar-refractivity contribution in [3.8, 4) is 0 Å². The fraction of sp³-hybridized carbons (Fsp3) is 0.538. The summed E-state index contributed by atoms with van der Waals surface area (Å²) in [6.45, 7) is 4.52. The van der Waals surface area contributed by atoms with Crippen LogP contribution in [0.2, 0.25) is 0 Å². The van der Waals surface area contributed by atoms with Crippen LogP contribution < -0.4 is 4.90 Å². The predicted octanol–water partition coefficient (Wildman–Crippen LogP) is 1.45. The van der Waals surface area contributed by atoms with E-state index in [2.05, 4.69) is 36.1 Å². The molecule has 0 aromatic heterocycles. The smallest absolute Gasteiger partial charge is 0.0755 e. The Hall–Kier alpha value is -1.06. The molecule has 2 rings (SSSR count). The molecule has 0 aliphatic carbocycles. The molecular formula is C13H19NO2. The molecule has 88 valence electrons. The number of aliphatic hydroxyl groups is 1. The highest BCUT2D eigenvalue weighted by Gasteiger charge is 2.22. The number of rotatable bonds is 3. The maximum atomic E-state index is 9.30. The molecule has 1 saturated heterocycles. The van der Waals surface area contributed by atoms with E-state index in [1.54, 1.807) is 0 Å². The first-order valence-corrected chi connectivity index (χ1v) is 5.89. The quantitative estimate of drug-likeness (QED) is 0.838. The van der Waals surface area contributed by atoms with Gasteiger partial charge in [0.2, 0.25) is 0 Å². The van der Waals surface area contributed by atoms with Gasteiger partial charge in [0.05, 0.1) is 25.9 Å². The van der Waals surface area contributed by atoms with Gasteiger partial charge in [-0.05, 0) is 24.1 Å². The van der Waals surface area contributed by atoms with E-state index in [0.717, 1.165) is 19.6 Å². The highest BCUT2D eigenvalue weighted by Crippen LogP contribution is 2.20. The third-order valence-corrected chi connectivity index (χ3v) is 3.11. The average molecular weight is 221 g/mol. The van der Waals surface area contributed by atoms with Crippen LogP contribution in [0.1, 0.15) is 12.5 Å². The largest absolute Gasteiger partial charge is 0.394 e. The molecule has 0 spiro atoms. The summed E-state index contributed by atoms with van der Waals surface area (Å²) in [5.41, 5.74) is 2.53. The molecule has 0 bridgehead atoms. The minimum Gasteiger partial charge on any atom is -0.394 e. The van der Waals surface area contributed by atoms with Gasteiger partial charge in [-0.15, -0.1) is 0 Å². The normalized spacial score (nSPS) is 21.1. The Morgan fingerprint density at radius 3 is 2.75 bits per heavy atom. The van der Waals surface area contributed by atoms with Crippen molar-refractivity contribution in [2.24, 2.45) is 0 Å². The fourth-order valence-corrected chi connectivity index (χ4v) is 2.07. The molecule has 3 nitrogen and oxygen atoms in total. The van der Waals surface area contributed by atoms with Crippen LogP contribution >= 0.6 is 0 Å². The number of hydrogen-bond donors (Lipinski definition) is 1.